The summed E-state index contributed by atoms with van der Waals surface area (Å²) in [5.41, 5.74) is 2.75. The summed E-state index contributed by atoms with van der Waals surface area (Å²) in [6.07, 6.45) is 13.7. The lowest BCUT2D eigenvalue weighted by Crippen LogP contribution is -2.10. The van der Waals surface area contributed by atoms with Crippen LogP contribution >= 0.6 is 23.2 Å². The molecule has 1 aromatic heterocycles. The molecule has 4 rings (SSSR count). The van der Waals surface area contributed by atoms with Crippen LogP contribution in [0.15, 0.2) is 112 Å². The van der Waals surface area contributed by atoms with Gasteiger partial charge in [-0.15, -0.1) is 0 Å². The third kappa shape index (κ3) is 6.97. The molecule has 2 N–H and O–H groups in total. The zero-order valence-electron chi connectivity index (χ0n) is 20.2. The minimum absolute atomic E-state index is 0.0864. The predicted octanol–water partition coefficient (Wildman–Crippen LogP) is 7.76. The molecule has 3 aromatic rings. The summed E-state index contributed by atoms with van der Waals surface area (Å²) >= 11 is 12.3. The van der Waals surface area contributed by atoms with Crippen LogP contribution in [0.25, 0.3) is 0 Å². The molecule has 0 radical (unpaired) electrons. The van der Waals surface area contributed by atoms with E-state index in [0.29, 0.717) is 16.3 Å². The van der Waals surface area contributed by atoms with Gasteiger partial charge in [-0.1, -0.05) is 84.8 Å². The molecule has 37 heavy (non-hydrogen) atoms. The van der Waals surface area contributed by atoms with Crippen LogP contribution in [0, 0.1) is 5.92 Å². The molecule has 5 nitrogen and oxygen atoms in total. The molecule has 0 bridgehead atoms. The van der Waals surface area contributed by atoms with Gasteiger partial charge in [-0.3, -0.25) is 9.98 Å². The number of para-hydroxylation sites is 2. The number of aromatic nitrogens is 1. The van der Waals surface area contributed by atoms with Crippen LogP contribution in [-0.4, -0.2) is 27.6 Å². The highest BCUT2D eigenvalue weighted by Crippen LogP contribution is 2.42. The maximum atomic E-state index is 10.8. The van der Waals surface area contributed by atoms with Crippen LogP contribution in [0.5, 0.6) is 11.5 Å². The van der Waals surface area contributed by atoms with Crippen LogP contribution in [0.2, 0.25) is 5.15 Å². The van der Waals surface area contributed by atoms with E-state index in [1.165, 1.54) is 0 Å². The Morgan fingerprint density at radius 2 is 1.49 bits per heavy atom. The standard InChI is InChI=1S/C30H27Cl2N3O2/c1-20-7-6-8-21(13-15-25(20)31)17-34-29(23-9-2-4-11-26(23)36)30(24-10-3-5-12-27(24)37)35-19-22-14-16-28(32)33-18-22/h2-6,8-20,29-30,36-37H,7H2,1H3/b8-6+,21-13+,25-15+,34-17?,35-19?. The van der Waals surface area contributed by atoms with Gasteiger partial charge >= 0.3 is 0 Å². The zero-order valence-corrected chi connectivity index (χ0v) is 21.8. The average molecular weight is 532 g/mol. The van der Waals surface area contributed by atoms with Crippen LogP contribution in [0.1, 0.15) is 42.1 Å². The van der Waals surface area contributed by atoms with Gasteiger partial charge in [0.15, 0.2) is 0 Å². The number of aromatic hydroxyl groups is 2. The second-order valence-electron chi connectivity index (χ2n) is 8.74. The highest BCUT2D eigenvalue weighted by molar-refractivity contribution is 6.30. The number of aliphatic imine (C=N–C) groups is 2. The summed E-state index contributed by atoms with van der Waals surface area (Å²) in [6.45, 7) is 2.08. The maximum absolute atomic E-state index is 10.8. The number of nitrogens with zero attached hydrogens (tertiary/aromatic N) is 3. The Morgan fingerprint density at radius 3 is 2.08 bits per heavy atom. The van der Waals surface area contributed by atoms with E-state index in [4.69, 9.17) is 33.2 Å². The van der Waals surface area contributed by atoms with Crippen molar-refractivity contribution in [1.29, 1.82) is 0 Å². The number of benzene rings is 2. The molecule has 0 saturated carbocycles. The number of phenolic OH excluding ortho intramolecular Hbond substituents is 2. The molecule has 1 heterocycles. The van der Waals surface area contributed by atoms with Gasteiger partial charge in [0.05, 0.1) is 0 Å². The van der Waals surface area contributed by atoms with Gasteiger partial charge in [0.25, 0.3) is 0 Å². The lowest BCUT2D eigenvalue weighted by Gasteiger charge is -2.23. The summed E-state index contributed by atoms with van der Waals surface area (Å²) in [5.74, 6) is 0.430. The van der Waals surface area contributed by atoms with Gasteiger partial charge in [0.1, 0.15) is 28.7 Å². The molecule has 0 saturated heterocycles. The maximum Gasteiger partial charge on any atom is 0.129 e. The van der Waals surface area contributed by atoms with Gasteiger partial charge in [-0.2, -0.15) is 0 Å². The number of halogens is 2. The van der Waals surface area contributed by atoms with Crippen molar-refractivity contribution >= 4 is 35.6 Å². The number of phenols is 2. The van der Waals surface area contributed by atoms with Crippen LogP contribution in [0.3, 0.4) is 0 Å². The van der Waals surface area contributed by atoms with Crippen molar-refractivity contribution < 1.29 is 10.2 Å². The van der Waals surface area contributed by atoms with E-state index in [9.17, 15) is 10.2 Å². The Hall–Kier alpha value is -3.67. The summed E-state index contributed by atoms with van der Waals surface area (Å²) in [7, 11) is 0. The Labute approximate surface area is 226 Å². The fraction of sp³-hybridized carbons (Fsp3) is 0.167. The number of rotatable bonds is 7. The number of allylic oxidation sites excluding steroid dienone is 6. The van der Waals surface area contributed by atoms with E-state index in [-0.39, 0.29) is 17.4 Å². The molecule has 3 atom stereocenters. The van der Waals surface area contributed by atoms with Crippen molar-refractivity contribution in [3.05, 3.63) is 124 Å². The first kappa shape index (κ1) is 26.4. The lowest BCUT2D eigenvalue weighted by molar-refractivity contribution is 0.438. The van der Waals surface area contributed by atoms with Crippen molar-refractivity contribution in [2.24, 2.45) is 15.9 Å². The van der Waals surface area contributed by atoms with Gasteiger partial charge in [0.2, 0.25) is 0 Å². The summed E-state index contributed by atoms with van der Waals surface area (Å²) < 4.78 is 0. The van der Waals surface area contributed by atoms with Crippen molar-refractivity contribution in [2.45, 2.75) is 25.4 Å². The first-order valence-electron chi connectivity index (χ1n) is 11.9. The third-order valence-electron chi connectivity index (χ3n) is 6.03. The summed E-state index contributed by atoms with van der Waals surface area (Å²) in [6, 6.07) is 16.2. The first-order chi connectivity index (χ1) is 17.9. The molecule has 0 fully saturated rings. The summed E-state index contributed by atoms with van der Waals surface area (Å²) in [4.78, 5) is 13.8. The zero-order chi connectivity index (χ0) is 26.2. The molecular weight excluding hydrogens is 505 g/mol. The number of pyridine rings is 1. The van der Waals surface area contributed by atoms with E-state index in [1.807, 2.05) is 36.4 Å². The van der Waals surface area contributed by atoms with Crippen molar-refractivity contribution in [3.8, 4) is 11.5 Å². The van der Waals surface area contributed by atoms with Crippen molar-refractivity contribution in [1.82, 2.24) is 4.98 Å². The fourth-order valence-electron chi connectivity index (χ4n) is 3.94. The third-order valence-corrected chi connectivity index (χ3v) is 6.76. The van der Waals surface area contributed by atoms with E-state index >= 15 is 0 Å². The Balaban J connectivity index is 1.82. The fourth-order valence-corrected chi connectivity index (χ4v) is 4.20. The monoisotopic (exact) mass is 531 g/mol. The van der Waals surface area contributed by atoms with Crippen molar-refractivity contribution in [3.63, 3.8) is 0 Å². The molecule has 188 valence electrons. The van der Waals surface area contributed by atoms with Gasteiger partial charge < -0.3 is 10.2 Å². The van der Waals surface area contributed by atoms with Gasteiger partial charge in [-0.05, 0) is 48.3 Å². The van der Waals surface area contributed by atoms with E-state index < -0.39 is 12.1 Å². The SMILES string of the molecule is CC1C/C=C/C(C=NC(c2ccccc2O)C(N=Cc2ccc(Cl)nc2)c2ccccc2O)=C\C=C/1Cl. The second kappa shape index (κ2) is 12.5. The molecule has 2 aromatic carbocycles. The molecule has 0 amide bonds. The van der Waals surface area contributed by atoms with Crippen LogP contribution in [0.4, 0.5) is 0 Å². The van der Waals surface area contributed by atoms with E-state index in [2.05, 4.69) is 18.0 Å². The molecule has 1 aliphatic carbocycles. The Bertz CT molecular complexity index is 1380. The van der Waals surface area contributed by atoms with Gasteiger partial charge in [-0.25, -0.2) is 4.98 Å². The smallest absolute Gasteiger partial charge is 0.129 e. The first-order valence-corrected chi connectivity index (χ1v) is 12.7. The van der Waals surface area contributed by atoms with E-state index in [1.54, 1.807) is 61.1 Å². The average Bonchev–Trinajstić information content (AvgIpc) is 2.89. The molecule has 1 aliphatic rings. The topological polar surface area (TPSA) is 78.1 Å². The van der Waals surface area contributed by atoms with Crippen molar-refractivity contribution in [2.75, 3.05) is 0 Å². The highest BCUT2D eigenvalue weighted by Gasteiger charge is 2.27. The molecule has 0 aliphatic heterocycles. The largest absolute Gasteiger partial charge is 0.508 e. The van der Waals surface area contributed by atoms with Gasteiger partial charge in [0, 0.05) is 40.3 Å². The van der Waals surface area contributed by atoms with Crippen LogP contribution < -0.4 is 0 Å². The number of hydrogen-bond donors (Lipinski definition) is 2. The van der Waals surface area contributed by atoms with Crippen LogP contribution in [-0.2, 0) is 0 Å². The molecule has 3 unspecified atom stereocenters. The molecule has 0 spiro atoms. The minimum atomic E-state index is -0.654. The second-order valence-corrected chi connectivity index (χ2v) is 9.56. The lowest BCUT2D eigenvalue weighted by atomic mass is 9.92. The molecular formula is C30H27Cl2N3O2. The molecule has 7 heteroatoms. The van der Waals surface area contributed by atoms with E-state index in [0.717, 1.165) is 22.6 Å². The Kier molecular flexibility index (Phi) is 8.94. The minimum Gasteiger partial charge on any atom is -0.508 e. The summed E-state index contributed by atoms with van der Waals surface area (Å²) in [5, 5.41) is 22.7. The highest BCUT2D eigenvalue weighted by atomic mass is 35.5. The predicted molar refractivity (Wildman–Crippen MR) is 152 cm³/mol. The normalized spacial score (nSPS) is 21.4. The number of hydrogen-bond acceptors (Lipinski definition) is 5. The quantitative estimate of drug-likeness (QED) is 0.241. The Morgan fingerprint density at radius 1 is 0.865 bits per heavy atom.